The summed E-state index contributed by atoms with van der Waals surface area (Å²) >= 11 is 0. The molecule has 0 amide bonds. The van der Waals surface area contributed by atoms with Gasteiger partial charge in [-0.05, 0) is 31.5 Å². The average Bonchev–Trinajstić information content (AvgIpc) is 2.20. The maximum Gasteiger partial charge on any atom is 0.115 e. The second-order valence-corrected chi connectivity index (χ2v) is 4.66. The van der Waals surface area contributed by atoms with Crippen molar-refractivity contribution in [3.63, 3.8) is 0 Å². The summed E-state index contributed by atoms with van der Waals surface area (Å²) in [7, 11) is 0. The molecule has 1 aromatic rings. The Bertz CT molecular complexity index is 322. The molecule has 1 saturated heterocycles. The number of phenols is 1. The van der Waals surface area contributed by atoms with E-state index in [1.165, 1.54) is 0 Å². The fourth-order valence-corrected chi connectivity index (χ4v) is 1.69. The lowest BCUT2D eigenvalue weighted by atomic mass is 10.0. The van der Waals surface area contributed by atoms with Gasteiger partial charge in [0.25, 0.3) is 0 Å². The fraction of sp³-hybridized carbons (Fsp3) is 0.500. The van der Waals surface area contributed by atoms with Crippen LogP contribution < -0.4 is 5.32 Å². The molecule has 82 valence electrons. The zero-order valence-electron chi connectivity index (χ0n) is 9.16. The first-order valence-corrected chi connectivity index (χ1v) is 5.22. The third kappa shape index (κ3) is 2.49. The molecule has 1 unspecified atom stereocenters. The van der Waals surface area contributed by atoms with Crippen molar-refractivity contribution in [2.45, 2.75) is 25.5 Å². The predicted molar refractivity (Wildman–Crippen MR) is 58.9 cm³/mol. The second kappa shape index (κ2) is 3.83. The molecule has 1 fully saturated rings. The van der Waals surface area contributed by atoms with E-state index in [2.05, 4.69) is 19.2 Å². The van der Waals surface area contributed by atoms with Crippen LogP contribution >= 0.6 is 0 Å². The highest BCUT2D eigenvalue weighted by atomic mass is 16.5. The average molecular weight is 207 g/mol. The van der Waals surface area contributed by atoms with Gasteiger partial charge < -0.3 is 15.2 Å². The molecule has 0 radical (unpaired) electrons. The van der Waals surface area contributed by atoms with E-state index in [1.54, 1.807) is 12.1 Å². The molecule has 1 aliphatic rings. The van der Waals surface area contributed by atoms with Crippen LogP contribution in [0.4, 0.5) is 0 Å². The highest BCUT2D eigenvalue weighted by molar-refractivity contribution is 5.27. The molecule has 1 aromatic carbocycles. The highest BCUT2D eigenvalue weighted by Crippen LogP contribution is 2.24. The Labute approximate surface area is 90.1 Å². The minimum Gasteiger partial charge on any atom is -0.508 e. The van der Waals surface area contributed by atoms with Crippen LogP contribution in [-0.2, 0) is 4.74 Å². The van der Waals surface area contributed by atoms with Crippen molar-refractivity contribution in [2.24, 2.45) is 0 Å². The quantitative estimate of drug-likeness (QED) is 0.738. The van der Waals surface area contributed by atoms with E-state index in [9.17, 15) is 5.11 Å². The van der Waals surface area contributed by atoms with Crippen molar-refractivity contribution in [2.75, 3.05) is 13.2 Å². The molecule has 3 nitrogen and oxygen atoms in total. The molecule has 0 saturated carbocycles. The van der Waals surface area contributed by atoms with Gasteiger partial charge in [0.1, 0.15) is 5.75 Å². The Morgan fingerprint density at radius 3 is 2.53 bits per heavy atom. The van der Waals surface area contributed by atoms with Gasteiger partial charge >= 0.3 is 0 Å². The minimum absolute atomic E-state index is 0.0629. The first-order valence-electron chi connectivity index (χ1n) is 5.22. The zero-order chi connectivity index (χ0) is 10.9. The zero-order valence-corrected chi connectivity index (χ0v) is 9.16. The molecule has 0 bridgehead atoms. The molecular formula is C12H17NO2. The van der Waals surface area contributed by atoms with Gasteiger partial charge in [0, 0.05) is 12.1 Å². The summed E-state index contributed by atoms with van der Waals surface area (Å²) in [5.41, 5.74) is 1.17. The smallest absolute Gasteiger partial charge is 0.115 e. The van der Waals surface area contributed by atoms with E-state index in [0.29, 0.717) is 12.4 Å². The summed E-state index contributed by atoms with van der Waals surface area (Å²) in [6, 6.07) is 7.19. The predicted octanol–water partition coefficient (Wildman–Crippen LogP) is 1.83. The van der Waals surface area contributed by atoms with Crippen LogP contribution in [0, 0.1) is 0 Å². The molecule has 1 atom stereocenters. The minimum atomic E-state index is 0.0629. The summed E-state index contributed by atoms with van der Waals surface area (Å²) in [6.45, 7) is 5.77. The third-order valence-electron chi connectivity index (χ3n) is 2.68. The lowest BCUT2D eigenvalue weighted by Crippen LogP contribution is -2.50. The van der Waals surface area contributed by atoms with Crippen LogP contribution in [0.2, 0.25) is 0 Å². The van der Waals surface area contributed by atoms with Crippen LogP contribution in [0.3, 0.4) is 0 Å². The van der Waals surface area contributed by atoms with Crippen molar-refractivity contribution in [3.8, 4) is 5.75 Å². The number of benzene rings is 1. The molecule has 15 heavy (non-hydrogen) atoms. The van der Waals surface area contributed by atoms with Crippen LogP contribution in [0.15, 0.2) is 24.3 Å². The number of hydrogen-bond donors (Lipinski definition) is 2. The van der Waals surface area contributed by atoms with E-state index in [0.717, 1.165) is 12.1 Å². The van der Waals surface area contributed by atoms with Gasteiger partial charge in [0.15, 0.2) is 0 Å². The maximum absolute atomic E-state index is 9.18. The van der Waals surface area contributed by atoms with Crippen LogP contribution in [0.1, 0.15) is 25.5 Å². The summed E-state index contributed by atoms with van der Waals surface area (Å²) < 4.78 is 5.77. The van der Waals surface area contributed by atoms with E-state index in [1.807, 2.05) is 12.1 Å². The van der Waals surface area contributed by atoms with Crippen molar-refractivity contribution >= 4 is 0 Å². The van der Waals surface area contributed by atoms with Gasteiger partial charge in [-0.2, -0.15) is 0 Å². The number of hydrogen-bond acceptors (Lipinski definition) is 3. The fourth-order valence-electron chi connectivity index (χ4n) is 1.69. The molecular weight excluding hydrogens is 190 g/mol. The Morgan fingerprint density at radius 1 is 1.33 bits per heavy atom. The normalized spacial score (nSPS) is 25.1. The standard InChI is InChI=1S/C12H17NO2/c1-12(2)8-15-11(7-13-12)9-3-5-10(14)6-4-9/h3-6,11,13-14H,7-8H2,1-2H3. The SMILES string of the molecule is CC1(C)COC(c2ccc(O)cc2)CN1. The van der Waals surface area contributed by atoms with Crippen molar-refractivity contribution in [1.29, 1.82) is 0 Å². The number of ether oxygens (including phenoxy) is 1. The number of morpholine rings is 1. The molecule has 2 N–H and O–H groups in total. The second-order valence-electron chi connectivity index (χ2n) is 4.66. The van der Waals surface area contributed by atoms with Gasteiger partial charge in [-0.15, -0.1) is 0 Å². The molecule has 1 heterocycles. The molecule has 2 rings (SSSR count). The largest absolute Gasteiger partial charge is 0.508 e. The summed E-state index contributed by atoms with van der Waals surface area (Å²) in [5, 5.41) is 12.6. The van der Waals surface area contributed by atoms with Crippen LogP contribution in [-0.4, -0.2) is 23.8 Å². The first kappa shape index (κ1) is 10.5. The van der Waals surface area contributed by atoms with Crippen molar-refractivity contribution < 1.29 is 9.84 Å². The van der Waals surface area contributed by atoms with E-state index >= 15 is 0 Å². The van der Waals surface area contributed by atoms with Crippen LogP contribution in [0.5, 0.6) is 5.75 Å². The Balaban J connectivity index is 2.04. The van der Waals surface area contributed by atoms with Crippen LogP contribution in [0.25, 0.3) is 0 Å². The number of aromatic hydroxyl groups is 1. The number of rotatable bonds is 1. The summed E-state index contributed by atoms with van der Waals surface area (Å²) in [5.74, 6) is 0.294. The van der Waals surface area contributed by atoms with Crippen molar-refractivity contribution in [3.05, 3.63) is 29.8 Å². The Kier molecular flexibility index (Phi) is 2.67. The molecule has 0 aliphatic carbocycles. The third-order valence-corrected chi connectivity index (χ3v) is 2.68. The summed E-state index contributed by atoms with van der Waals surface area (Å²) in [6.07, 6.45) is 0.0959. The summed E-state index contributed by atoms with van der Waals surface area (Å²) in [4.78, 5) is 0. The highest BCUT2D eigenvalue weighted by Gasteiger charge is 2.27. The first-order chi connectivity index (χ1) is 7.07. The maximum atomic E-state index is 9.18. The molecule has 3 heteroatoms. The van der Waals surface area contributed by atoms with E-state index in [-0.39, 0.29) is 11.6 Å². The van der Waals surface area contributed by atoms with Crippen molar-refractivity contribution in [1.82, 2.24) is 5.32 Å². The van der Waals surface area contributed by atoms with Gasteiger partial charge in [0.05, 0.1) is 12.7 Å². The lowest BCUT2D eigenvalue weighted by Gasteiger charge is -2.36. The van der Waals surface area contributed by atoms with Gasteiger partial charge in [0.2, 0.25) is 0 Å². The monoisotopic (exact) mass is 207 g/mol. The van der Waals surface area contributed by atoms with Gasteiger partial charge in [-0.3, -0.25) is 0 Å². The molecule has 0 spiro atoms. The lowest BCUT2D eigenvalue weighted by molar-refractivity contribution is -0.0229. The number of nitrogens with one attached hydrogen (secondary N) is 1. The number of phenolic OH excluding ortho intramolecular Hbond substituents is 1. The molecule has 1 aliphatic heterocycles. The van der Waals surface area contributed by atoms with Gasteiger partial charge in [-0.25, -0.2) is 0 Å². The molecule has 0 aromatic heterocycles. The van der Waals surface area contributed by atoms with E-state index < -0.39 is 0 Å². The Hall–Kier alpha value is -1.06. The van der Waals surface area contributed by atoms with E-state index in [4.69, 9.17) is 4.74 Å². The Morgan fingerprint density at radius 2 is 2.00 bits per heavy atom. The van der Waals surface area contributed by atoms with Gasteiger partial charge in [-0.1, -0.05) is 12.1 Å². The topological polar surface area (TPSA) is 41.5 Å².